The van der Waals surface area contributed by atoms with Crippen LogP contribution in [0.3, 0.4) is 0 Å². The first-order chi connectivity index (χ1) is 9.49. The molecule has 0 aliphatic heterocycles. The Hall–Kier alpha value is -2.46. The van der Waals surface area contributed by atoms with Crippen LogP contribution in [-0.2, 0) is 0 Å². The van der Waals surface area contributed by atoms with Gasteiger partial charge in [0.05, 0.1) is 5.56 Å². The number of nitrogens with zero attached hydrogens (tertiary/aromatic N) is 5. The van der Waals surface area contributed by atoms with E-state index in [1.165, 1.54) is 12.1 Å². The van der Waals surface area contributed by atoms with E-state index in [9.17, 15) is 4.39 Å². The van der Waals surface area contributed by atoms with Gasteiger partial charge in [-0.1, -0.05) is 0 Å². The maximum absolute atomic E-state index is 13.5. The number of rotatable bonds is 3. The molecule has 0 saturated carbocycles. The van der Waals surface area contributed by atoms with E-state index in [4.69, 9.17) is 21.6 Å². The van der Waals surface area contributed by atoms with Gasteiger partial charge in [-0.2, -0.15) is 20.2 Å². The van der Waals surface area contributed by atoms with Crippen molar-refractivity contribution in [2.24, 2.45) is 0 Å². The zero-order valence-electron chi connectivity index (χ0n) is 10.6. The maximum Gasteiger partial charge on any atom is 0.328 e. The van der Waals surface area contributed by atoms with Crippen molar-refractivity contribution in [3.63, 3.8) is 0 Å². The van der Waals surface area contributed by atoms with Crippen molar-refractivity contribution in [3.8, 4) is 17.8 Å². The Labute approximate surface area is 119 Å². The molecule has 0 aliphatic carbocycles. The number of benzene rings is 1. The second-order valence-corrected chi connectivity index (χ2v) is 4.28. The van der Waals surface area contributed by atoms with E-state index >= 15 is 0 Å². The molecule has 0 bridgehead atoms. The predicted octanol–water partition coefficient (Wildman–Crippen LogP) is 2.39. The van der Waals surface area contributed by atoms with Crippen LogP contribution >= 0.6 is 11.6 Å². The van der Waals surface area contributed by atoms with E-state index < -0.39 is 5.82 Å². The number of anilines is 1. The van der Waals surface area contributed by atoms with Gasteiger partial charge in [0.25, 0.3) is 0 Å². The number of ether oxygens (including phenoxy) is 1. The van der Waals surface area contributed by atoms with Gasteiger partial charge in [-0.05, 0) is 23.7 Å². The fourth-order valence-corrected chi connectivity index (χ4v) is 1.47. The molecular formula is C12H9ClFN5O. The number of aromatic nitrogens is 3. The van der Waals surface area contributed by atoms with Crippen molar-refractivity contribution in [1.82, 2.24) is 15.0 Å². The monoisotopic (exact) mass is 293 g/mol. The Kier molecular flexibility index (Phi) is 3.96. The average molecular weight is 294 g/mol. The number of hydrogen-bond donors (Lipinski definition) is 0. The molecule has 1 aromatic carbocycles. The SMILES string of the molecule is CN(C)c1nc(Cl)nc(Oc2ccc(C#N)c(F)c2)n1. The van der Waals surface area contributed by atoms with Gasteiger partial charge in [0.15, 0.2) is 0 Å². The summed E-state index contributed by atoms with van der Waals surface area (Å²) in [6.07, 6.45) is 0. The molecule has 6 nitrogen and oxygen atoms in total. The molecule has 0 aliphatic rings. The molecule has 1 heterocycles. The van der Waals surface area contributed by atoms with Crippen molar-refractivity contribution >= 4 is 17.5 Å². The van der Waals surface area contributed by atoms with E-state index in [1.54, 1.807) is 25.1 Å². The molecule has 0 spiro atoms. The average Bonchev–Trinajstić information content (AvgIpc) is 2.38. The summed E-state index contributed by atoms with van der Waals surface area (Å²) < 4.78 is 18.8. The van der Waals surface area contributed by atoms with Gasteiger partial charge in [0.1, 0.15) is 17.6 Å². The van der Waals surface area contributed by atoms with Crippen molar-refractivity contribution in [2.45, 2.75) is 0 Å². The lowest BCUT2D eigenvalue weighted by Gasteiger charge is -2.11. The Bertz CT molecular complexity index is 686. The molecule has 0 amide bonds. The fourth-order valence-electron chi connectivity index (χ4n) is 1.32. The van der Waals surface area contributed by atoms with Crippen LogP contribution in [0.1, 0.15) is 5.56 Å². The van der Waals surface area contributed by atoms with Crippen LogP contribution in [0.15, 0.2) is 18.2 Å². The van der Waals surface area contributed by atoms with Crippen LogP contribution in [0.2, 0.25) is 5.28 Å². The van der Waals surface area contributed by atoms with E-state index in [0.29, 0.717) is 5.95 Å². The van der Waals surface area contributed by atoms with Gasteiger partial charge in [0.2, 0.25) is 11.2 Å². The molecule has 20 heavy (non-hydrogen) atoms. The lowest BCUT2D eigenvalue weighted by molar-refractivity contribution is 0.435. The van der Waals surface area contributed by atoms with Crippen molar-refractivity contribution in [1.29, 1.82) is 5.26 Å². The molecule has 0 saturated heterocycles. The predicted molar refractivity (Wildman–Crippen MR) is 70.4 cm³/mol. The Balaban J connectivity index is 2.30. The van der Waals surface area contributed by atoms with E-state index in [0.717, 1.165) is 6.07 Å². The topological polar surface area (TPSA) is 74.9 Å². The van der Waals surface area contributed by atoms with Crippen molar-refractivity contribution in [2.75, 3.05) is 19.0 Å². The highest BCUT2D eigenvalue weighted by Crippen LogP contribution is 2.22. The van der Waals surface area contributed by atoms with Gasteiger partial charge < -0.3 is 9.64 Å². The maximum atomic E-state index is 13.5. The van der Waals surface area contributed by atoms with Gasteiger partial charge in [-0.15, -0.1) is 0 Å². The minimum Gasteiger partial charge on any atom is -0.424 e. The zero-order chi connectivity index (χ0) is 14.7. The van der Waals surface area contributed by atoms with E-state index in [-0.39, 0.29) is 22.6 Å². The highest BCUT2D eigenvalue weighted by Gasteiger charge is 2.10. The molecule has 0 fully saturated rings. The molecule has 0 atom stereocenters. The molecule has 8 heteroatoms. The largest absolute Gasteiger partial charge is 0.424 e. The summed E-state index contributed by atoms with van der Waals surface area (Å²) in [4.78, 5) is 13.3. The summed E-state index contributed by atoms with van der Waals surface area (Å²) in [6.45, 7) is 0. The summed E-state index contributed by atoms with van der Waals surface area (Å²) in [6, 6.07) is 5.48. The van der Waals surface area contributed by atoms with Gasteiger partial charge in [-0.3, -0.25) is 0 Å². The fraction of sp³-hybridized carbons (Fsp3) is 0.167. The second kappa shape index (κ2) is 5.67. The first kappa shape index (κ1) is 14.0. The lowest BCUT2D eigenvalue weighted by Crippen LogP contribution is -2.13. The van der Waals surface area contributed by atoms with E-state index in [2.05, 4.69) is 15.0 Å². The quantitative estimate of drug-likeness (QED) is 0.865. The van der Waals surface area contributed by atoms with Crippen molar-refractivity contribution < 1.29 is 9.13 Å². The number of halogens is 2. The van der Waals surface area contributed by atoms with Crippen LogP contribution in [-0.4, -0.2) is 29.0 Å². The normalized spacial score (nSPS) is 9.95. The highest BCUT2D eigenvalue weighted by molar-refractivity contribution is 6.28. The molecular weight excluding hydrogens is 285 g/mol. The summed E-state index contributed by atoms with van der Waals surface area (Å²) in [7, 11) is 3.47. The van der Waals surface area contributed by atoms with Crippen LogP contribution in [0, 0.1) is 17.1 Å². The molecule has 1 aromatic heterocycles. The van der Waals surface area contributed by atoms with Gasteiger partial charge in [0, 0.05) is 20.2 Å². The van der Waals surface area contributed by atoms with E-state index in [1.807, 2.05) is 0 Å². The molecule has 0 radical (unpaired) electrons. The van der Waals surface area contributed by atoms with Crippen molar-refractivity contribution in [3.05, 3.63) is 34.9 Å². The molecule has 102 valence electrons. The first-order valence-corrected chi connectivity index (χ1v) is 5.84. The highest BCUT2D eigenvalue weighted by atomic mass is 35.5. The minimum absolute atomic E-state index is 0.0344. The number of nitriles is 1. The molecule has 0 N–H and O–H groups in total. The van der Waals surface area contributed by atoms with Crippen LogP contribution in [0.4, 0.5) is 10.3 Å². The Morgan fingerprint density at radius 1 is 1.30 bits per heavy atom. The summed E-state index contributed by atoms with van der Waals surface area (Å²) in [5.41, 5.74) is -0.0694. The standard InChI is InChI=1S/C12H9ClFN5O/c1-19(2)11-16-10(13)17-12(18-11)20-8-4-3-7(6-15)9(14)5-8/h3-5H,1-2H3. The lowest BCUT2D eigenvalue weighted by atomic mass is 10.2. The molecule has 2 rings (SSSR count). The summed E-state index contributed by atoms with van der Waals surface area (Å²) in [5, 5.41) is 8.61. The Morgan fingerprint density at radius 2 is 2.05 bits per heavy atom. The Morgan fingerprint density at radius 3 is 2.65 bits per heavy atom. The third-order valence-electron chi connectivity index (χ3n) is 2.25. The summed E-state index contributed by atoms with van der Waals surface area (Å²) in [5.74, 6) is -0.208. The minimum atomic E-state index is -0.682. The number of hydrogen-bond acceptors (Lipinski definition) is 6. The third kappa shape index (κ3) is 3.10. The third-order valence-corrected chi connectivity index (χ3v) is 2.41. The van der Waals surface area contributed by atoms with Crippen LogP contribution in [0.5, 0.6) is 11.8 Å². The second-order valence-electron chi connectivity index (χ2n) is 3.94. The van der Waals surface area contributed by atoms with Gasteiger partial charge >= 0.3 is 6.01 Å². The smallest absolute Gasteiger partial charge is 0.328 e. The van der Waals surface area contributed by atoms with Crippen LogP contribution < -0.4 is 9.64 Å². The molecule has 2 aromatic rings. The van der Waals surface area contributed by atoms with Crippen LogP contribution in [0.25, 0.3) is 0 Å². The first-order valence-electron chi connectivity index (χ1n) is 5.46. The summed E-state index contributed by atoms with van der Waals surface area (Å²) >= 11 is 5.75. The van der Waals surface area contributed by atoms with Gasteiger partial charge in [-0.25, -0.2) is 4.39 Å². The molecule has 0 unspecified atom stereocenters. The zero-order valence-corrected chi connectivity index (χ0v) is 11.4.